The average Bonchev–Trinajstić information content (AvgIpc) is 2.20. The molecule has 0 aliphatic heterocycles. The predicted molar refractivity (Wildman–Crippen MR) is 20.7 cm³/mol. The fraction of sp³-hybridized carbons (Fsp3) is 0. The van der Waals surface area contributed by atoms with Crippen LogP contribution in [0, 0.1) is 0 Å². The molecule has 0 spiro atoms. The molecular weight excluding hydrogens is 946 g/mol. The number of hydrogen-bond donors (Lipinski definition) is 0. The van der Waals surface area contributed by atoms with Gasteiger partial charge in [0.1, 0.15) is 0 Å². The van der Waals surface area contributed by atoms with Crippen LogP contribution in [-0.4, -0.2) is 0 Å². The van der Waals surface area contributed by atoms with E-state index < -0.39 is 108 Å². The first-order valence-electron chi connectivity index (χ1n) is 3.83. The van der Waals surface area contributed by atoms with Crippen LogP contribution in [0.4, 0.5) is 0 Å². The van der Waals surface area contributed by atoms with Crippen LogP contribution in [0.3, 0.4) is 0 Å². The van der Waals surface area contributed by atoms with E-state index in [0.29, 0.717) is 0 Å². The molecule has 1 unspecified atom stereocenters. The molecule has 31 heavy (non-hydrogen) atoms. The SMILES string of the molecule is P.[K+].[O]=[V](=[O])[O-].[O]=[V](=[O])[O-].[O]=[V](=[O])[O-].[O]=[V](=[O])[O-].[O]=[V](=[O])[O-].[O]=[V](=[O])[O-].[O]=[V](=[O])[O-].[W+6]. The smallest absolute Gasteiger partial charge is 6.00 e. The van der Waals surface area contributed by atoms with Crippen LogP contribution >= 0.6 is 9.90 Å². The Bertz CT molecular complexity index is 577. The standard InChI is InChI=1S/K.21O.H3P.7V.W/h;;;;;;;;;;;;;;;;;;;;;;1H3;;;;;;;;/q+1;;;;;;;;;;;;;;;7*-1;;;;;;;;;+6. The molecule has 0 fully saturated rings. The molecule has 0 N–H and O–H groups in total. The molecule has 0 rings (SSSR count). The van der Waals surface area contributed by atoms with Crippen molar-refractivity contribution in [3.63, 3.8) is 0 Å². The average molecular weight is 950 g/mol. The Kier molecular flexibility index (Phi) is 123. The van der Waals surface area contributed by atoms with E-state index in [0.717, 1.165) is 0 Å². The summed E-state index contributed by atoms with van der Waals surface area (Å²) in [5.41, 5.74) is 0. The fourth-order valence-corrected chi connectivity index (χ4v) is 0. The first-order valence-corrected chi connectivity index (χ1v) is 15.8. The van der Waals surface area contributed by atoms with Crippen molar-refractivity contribution in [2.75, 3.05) is 0 Å². The molecule has 0 saturated heterocycles. The minimum absolute atomic E-state index is 0. The number of rotatable bonds is 0. The summed E-state index contributed by atoms with van der Waals surface area (Å²) in [5, 5.41) is 0. The van der Waals surface area contributed by atoms with Gasteiger partial charge in [0, 0.05) is 0 Å². The summed E-state index contributed by atoms with van der Waals surface area (Å²) in [4.78, 5) is 0. The first kappa shape index (κ1) is 64.6. The normalized spacial score (nSPS) is 5.65. The van der Waals surface area contributed by atoms with Gasteiger partial charge in [-0.1, -0.05) is 0 Å². The Morgan fingerprint density at radius 3 is 0.290 bits per heavy atom. The van der Waals surface area contributed by atoms with Gasteiger partial charge < -0.3 is 0 Å². The molecule has 0 heterocycles. The van der Waals surface area contributed by atoms with E-state index in [1.54, 1.807) is 0 Å². The zero-order valence-corrected chi connectivity index (χ0v) is 31.1. The summed E-state index contributed by atoms with van der Waals surface area (Å²) in [6.45, 7) is 0. The molecule has 1 atom stereocenters. The van der Waals surface area contributed by atoms with Gasteiger partial charge in [0.05, 0.1) is 0 Å². The Morgan fingerprint density at radius 1 is 0.290 bits per heavy atom. The van der Waals surface area contributed by atoms with Crippen molar-refractivity contribution >= 4 is 9.90 Å². The topological polar surface area (TPSA) is 400 Å². The van der Waals surface area contributed by atoms with E-state index in [2.05, 4.69) is 0 Å². The van der Waals surface area contributed by atoms with Crippen LogP contribution < -0.4 is 79.6 Å². The molecule has 0 aliphatic rings. The van der Waals surface area contributed by atoms with Crippen molar-refractivity contribution in [3.8, 4) is 0 Å². The van der Waals surface area contributed by atoms with E-state index in [-0.39, 0.29) is 82.3 Å². The van der Waals surface area contributed by atoms with E-state index in [9.17, 15) is 0 Å². The van der Waals surface area contributed by atoms with Crippen molar-refractivity contribution in [3.05, 3.63) is 0 Å². The van der Waals surface area contributed by atoms with Crippen molar-refractivity contribution in [1.29, 1.82) is 0 Å². The quantitative estimate of drug-likeness (QED) is 0.161. The molecule has 0 radical (unpaired) electrons. The van der Waals surface area contributed by atoms with E-state index in [1.165, 1.54) is 0 Å². The van der Waals surface area contributed by atoms with Crippen LogP contribution in [-0.2, 0) is 180 Å². The van der Waals surface area contributed by atoms with Crippen LogP contribution in [0.25, 0.3) is 0 Å². The third-order valence-corrected chi connectivity index (χ3v) is 0. The second-order valence-electron chi connectivity index (χ2n) is 1.57. The Hall–Kier alpha value is 3.77. The van der Waals surface area contributed by atoms with Gasteiger partial charge in [-0.05, 0) is 0 Å². The second-order valence-corrected chi connectivity index (χ2v) is 6.45. The fourth-order valence-electron chi connectivity index (χ4n) is 0. The maximum Gasteiger partial charge on any atom is 6.00 e. The zero-order chi connectivity index (χ0) is 25.0. The van der Waals surface area contributed by atoms with Gasteiger partial charge >= 0.3 is 260 Å². The van der Waals surface area contributed by atoms with Crippen LogP contribution in [0.1, 0.15) is 0 Å². The van der Waals surface area contributed by atoms with Crippen LogP contribution in [0.2, 0.25) is 0 Å². The largest absolute Gasteiger partial charge is 6.00 e. The molecule has 31 heteroatoms. The predicted octanol–water partition coefficient (Wildman–Crippen LogP) is -12.9. The molecule has 176 valence electrons. The van der Waals surface area contributed by atoms with Crippen LogP contribution in [0.5, 0.6) is 0 Å². The summed E-state index contributed by atoms with van der Waals surface area (Å²) in [6.07, 6.45) is 0. The monoisotopic (exact) mass is 949 g/mol. The van der Waals surface area contributed by atoms with Gasteiger partial charge in [0.15, 0.2) is 0 Å². The minimum Gasteiger partial charge on any atom is 6.00 e. The molecular formula is H3KO21PV7W. The molecule has 0 bridgehead atoms. The van der Waals surface area contributed by atoms with Gasteiger partial charge in [0.25, 0.3) is 0 Å². The molecule has 21 nitrogen and oxygen atoms in total. The van der Waals surface area contributed by atoms with E-state index in [4.69, 9.17) is 79.7 Å². The third kappa shape index (κ3) is 2400. The zero-order valence-electron chi connectivity index (χ0n) is 13.8. The summed E-state index contributed by atoms with van der Waals surface area (Å²) >= 11 is -27.6. The van der Waals surface area contributed by atoms with Crippen molar-refractivity contribution < 1.29 is 260 Å². The summed E-state index contributed by atoms with van der Waals surface area (Å²) in [5.74, 6) is 0. The molecule has 0 aromatic carbocycles. The Labute approximate surface area is 264 Å². The van der Waals surface area contributed by atoms with E-state index >= 15 is 0 Å². The summed E-state index contributed by atoms with van der Waals surface area (Å²) < 4.78 is 180. The maximum absolute atomic E-state index is 8.56. The summed E-state index contributed by atoms with van der Waals surface area (Å²) in [7, 11) is 0. The van der Waals surface area contributed by atoms with Crippen LogP contribution in [0.15, 0.2) is 0 Å². The van der Waals surface area contributed by atoms with Crippen molar-refractivity contribution in [1.82, 2.24) is 0 Å². The van der Waals surface area contributed by atoms with Gasteiger partial charge in [-0.3, -0.25) is 0 Å². The second kappa shape index (κ2) is 59.1. The minimum atomic E-state index is -3.94. The Morgan fingerprint density at radius 2 is 0.290 bits per heavy atom. The first-order chi connectivity index (χ1) is 12.1. The van der Waals surface area contributed by atoms with E-state index in [1.807, 2.05) is 0 Å². The summed E-state index contributed by atoms with van der Waals surface area (Å²) in [6, 6.07) is 0. The van der Waals surface area contributed by atoms with Gasteiger partial charge in [-0.25, -0.2) is 0 Å². The third-order valence-electron chi connectivity index (χ3n) is 0. The van der Waals surface area contributed by atoms with Crippen molar-refractivity contribution in [2.45, 2.75) is 0 Å². The van der Waals surface area contributed by atoms with Gasteiger partial charge in [-0.15, -0.1) is 0 Å². The number of hydrogen-bond acceptors (Lipinski definition) is 21. The van der Waals surface area contributed by atoms with Gasteiger partial charge in [0.2, 0.25) is 0 Å². The Balaban J connectivity index is -0.0000000204. The molecule has 0 aromatic heterocycles. The molecule has 0 amide bonds. The maximum atomic E-state index is 8.56. The molecule has 0 aliphatic carbocycles. The van der Waals surface area contributed by atoms with Gasteiger partial charge in [-0.2, -0.15) is 9.90 Å². The van der Waals surface area contributed by atoms with Crippen molar-refractivity contribution in [2.24, 2.45) is 0 Å². The molecule has 0 aromatic rings. The molecule has 0 saturated carbocycles.